The van der Waals surface area contributed by atoms with Crippen LogP contribution in [0.5, 0.6) is 5.75 Å². The molecule has 38 heavy (non-hydrogen) atoms. The van der Waals surface area contributed by atoms with Gasteiger partial charge in [0.15, 0.2) is 0 Å². The number of hydrogen-bond acceptors (Lipinski definition) is 4. The van der Waals surface area contributed by atoms with Gasteiger partial charge in [0.05, 0.1) is 29.4 Å². The molecule has 0 amide bonds. The smallest absolute Gasteiger partial charge is 0.142 e. The number of aryl methyl sites for hydroxylation is 2. The molecule has 6 rings (SSSR count). The van der Waals surface area contributed by atoms with E-state index in [0.29, 0.717) is 30.7 Å². The van der Waals surface area contributed by atoms with Crippen LogP contribution in [0.2, 0.25) is 0 Å². The highest BCUT2D eigenvalue weighted by molar-refractivity contribution is 7.82. The minimum atomic E-state index is -1.04. The number of allylic oxidation sites excluding steroid dienone is 1. The fourth-order valence-corrected chi connectivity index (χ4v) is 8.06. The summed E-state index contributed by atoms with van der Waals surface area (Å²) in [5.74, 6) is 2.77. The van der Waals surface area contributed by atoms with Crippen LogP contribution in [-0.2, 0) is 34.1 Å². The van der Waals surface area contributed by atoms with Crippen molar-refractivity contribution in [3.63, 3.8) is 0 Å². The summed E-state index contributed by atoms with van der Waals surface area (Å²) in [6.45, 7) is 5.50. The molecule has 2 heterocycles. The summed E-state index contributed by atoms with van der Waals surface area (Å²) in [6, 6.07) is 13.6. The van der Waals surface area contributed by atoms with Crippen molar-refractivity contribution in [3.05, 3.63) is 70.8 Å². The molecule has 2 bridgehead atoms. The average molecular weight is 535 g/mol. The van der Waals surface area contributed by atoms with Gasteiger partial charge in [-0.15, -0.1) is 0 Å². The lowest BCUT2D eigenvalue weighted by Gasteiger charge is -2.46. The zero-order valence-electron chi connectivity index (χ0n) is 22.9. The van der Waals surface area contributed by atoms with Gasteiger partial charge in [0, 0.05) is 37.9 Å². The Morgan fingerprint density at radius 3 is 2.92 bits per heavy atom. The van der Waals surface area contributed by atoms with Crippen LogP contribution in [-0.4, -0.2) is 42.9 Å². The van der Waals surface area contributed by atoms with Gasteiger partial charge in [-0.2, -0.15) is 0 Å². The van der Waals surface area contributed by atoms with Crippen LogP contribution in [0.15, 0.2) is 48.6 Å². The lowest BCUT2D eigenvalue weighted by molar-refractivity contribution is 0.0132. The van der Waals surface area contributed by atoms with E-state index in [0.717, 1.165) is 50.1 Å². The third-order valence-electron chi connectivity index (χ3n) is 9.38. The number of nitrogens with zero attached hydrogens (tertiary/aromatic N) is 1. The summed E-state index contributed by atoms with van der Waals surface area (Å²) in [6.07, 6.45) is 12.5. The molecule has 1 saturated carbocycles. The number of nitrogens with one attached hydrogen (secondary N) is 1. The maximum Gasteiger partial charge on any atom is 0.142 e. The zero-order valence-corrected chi connectivity index (χ0v) is 23.7. The number of anilines is 1. The molecule has 1 unspecified atom stereocenters. The van der Waals surface area contributed by atoms with E-state index in [-0.39, 0.29) is 11.5 Å². The van der Waals surface area contributed by atoms with Crippen LogP contribution in [0.1, 0.15) is 60.8 Å². The third kappa shape index (κ3) is 5.20. The van der Waals surface area contributed by atoms with Gasteiger partial charge in [-0.05, 0) is 92.5 Å². The average Bonchev–Trinajstić information content (AvgIpc) is 3.05. The van der Waals surface area contributed by atoms with E-state index < -0.39 is 11.0 Å². The second kappa shape index (κ2) is 11.1. The normalized spacial score (nSPS) is 32.3. The monoisotopic (exact) mass is 534 g/mol. The summed E-state index contributed by atoms with van der Waals surface area (Å²) in [7, 11) is 0.811. The molecule has 0 aromatic heterocycles. The number of methoxy groups -OCH3 is 1. The minimum absolute atomic E-state index is 0.0130. The van der Waals surface area contributed by atoms with E-state index in [1.807, 2.05) is 7.11 Å². The lowest BCUT2D eigenvalue weighted by Crippen LogP contribution is -2.49. The Bertz CT molecular complexity index is 1210. The molecule has 0 saturated heterocycles. The number of fused-ring (bicyclic) bond motifs is 4. The minimum Gasteiger partial charge on any atom is -0.490 e. The van der Waals surface area contributed by atoms with E-state index >= 15 is 0 Å². The molecule has 5 atom stereocenters. The first kappa shape index (κ1) is 26.1. The molecule has 1 N–H and O–H groups in total. The predicted molar refractivity (Wildman–Crippen MR) is 155 cm³/mol. The summed E-state index contributed by atoms with van der Waals surface area (Å²) >= 11 is 0. The molecule has 2 aromatic carbocycles. The highest BCUT2D eigenvalue weighted by Crippen LogP contribution is 2.46. The molecule has 204 valence electrons. The molecular weight excluding hydrogens is 492 g/mol. The number of rotatable bonds is 1. The Morgan fingerprint density at radius 1 is 1.16 bits per heavy atom. The van der Waals surface area contributed by atoms with Crippen molar-refractivity contribution in [1.82, 2.24) is 4.72 Å². The fraction of sp³-hybridized carbons (Fsp3) is 0.562. The molecular formula is C32H42N2O3S. The molecule has 5 nitrogen and oxygen atoms in total. The van der Waals surface area contributed by atoms with E-state index in [1.165, 1.54) is 41.6 Å². The summed E-state index contributed by atoms with van der Waals surface area (Å²) in [5, 5.41) is 0. The molecule has 1 spiro atoms. The molecule has 2 aliphatic carbocycles. The van der Waals surface area contributed by atoms with Crippen molar-refractivity contribution < 1.29 is 13.7 Å². The van der Waals surface area contributed by atoms with Crippen molar-refractivity contribution in [1.29, 1.82) is 0 Å². The SMILES string of the molecule is CO[C@H]1/C=C/CCCS(=O)NCc2ccc3c(c2)N(C[C@@H]2CC[C@H]21)C[C@@]1(CCCc2cc(C)ccc21)CO3. The topological polar surface area (TPSA) is 50.8 Å². The third-order valence-corrected chi connectivity index (χ3v) is 10.5. The fourth-order valence-electron chi connectivity index (χ4n) is 7.16. The molecule has 1 fully saturated rings. The van der Waals surface area contributed by atoms with Crippen LogP contribution < -0.4 is 14.4 Å². The molecule has 4 aliphatic rings. The molecule has 2 aromatic rings. The van der Waals surface area contributed by atoms with Crippen molar-refractivity contribution >= 4 is 16.7 Å². The number of ether oxygens (including phenoxy) is 2. The van der Waals surface area contributed by atoms with Crippen LogP contribution in [0.25, 0.3) is 0 Å². The van der Waals surface area contributed by atoms with Crippen LogP contribution in [0.4, 0.5) is 5.69 Å². The first-order valence-electron chi connectivity index (χ1n) is 14.5. The highest BCUT2D eigenvalue weighted by atomic mass is 32.2. The second-order valence-corrected chi connectivity index (χ2v) is 13.3. The van der Waals surface area contributed by atoms with E-state index in [1.54, 1.807) is 0 Å². The maximum absolute atomic E-state index is 12.6. The second-order valence-electron chi connectivity index (χ2n) is 11.9. The quantitative estimate of drug-likeness (QED) is 0.483. The van der Waals surface area contributed by atoms with Crippen molar-refractivity contribution in [2.24, 2.45) is 11.8 Å². The Hall–Kier alpha value is -2.15. The van der Waals surface area contributed by atoms with Gasteiger partial charge in [-0.25, -0.2) is 8.93 Å². The summed E-state index contributed by atoms with van der Waals surface area (Å²) in [4.78, 5) is 2.64. The molecule has 0 radical (unpaired) electrons. The van der Waals surface area contributed by atoms with E-state index in [4.69, 9.17) is 9.47 Å². The zero-order chi connectivity index (χ0) is 26.1. The number of benzene rings is 2. The lowest BCUT2D eigenvalue weighted by atomic mass is 9.68. The van der Waals surface area contributed by atoms with Gasteiger partial charge in [0.25, 0.3) is 0 Å². The molecule has 2 aliphatic heterocycles. The van der Waals surface area contributed by atoms with Crippen molar-refractivity contribution in [2.45, 2.75) is 69.9 Å². The summed E-state index contributed by atoms with van der Waals surface area (Å²) in [5.41, 5.74) is 6.66. The Labute approximate surface area is 230 Å². The van der Waals surface area contributed by atoms with Gasteiger partial charge in [0.1, 0.15) is 5.75 Å². The van der Waals surface area contributed by atoms with Crippen molar-refractivity contribution in [3.8, 4) is 5.75 Å². The van der Waals surface area contributed by atoms with Gasteiger partial charge >= 0.3 is 0 Å². The van der Waals surface area contributed by atoms with Gasteiger partial charge in [-0.3, -0.25) is 0 Å². The van der Waals surface area contributed by atoms with Gasteiger partial charge < -0.3 is 14.4 Å². The van der Waals surface area contributed by atoms with Gasteiger partial charge in [-0.1, -0.05) is 42.0 Å². The predicted octanol–water partition coefficient (Wildman–Crippen LogP) is 5.61. The summed E-state index contributed by atoms with van der Waals surface area (Å²) < 4.78 is 28.5. The first-order chi connectivity index (χ1) is 18.5. The van der Waals surface area contributed by atoms with Crippen LogP contribution in [0, 0.1) is 18.8 Å². The van der Waals surface area contributed by atoms with Crippen LogP contribution >= 0.6 is 0 Å². The van der Waals surface area contributed by atoms with E-state index in [2.05, 4.69) is 65.1 Å². The Kier molecular flexibility index (Phi) is 7.65. The standard InChI is InChI=1S/C32H42N2O3S/c1-23-9-13-28-25(17-23)7-6-15-32(28)21-34-20-26-11-12-27(26)30(36-2)8-4-3-5-16-38(35)33-19-24-10-14-31(37-22-32)29(34)18-24/h4,8-10,13-14,17-18,26-27,30,33H,3,5-7,11-12,15-16,19-22H2,1-2H3/b8-4+/t26-,27+,30-,32-,38?/m0/s1. The Balaban J connectivity index is 1.38. The maximum atomic E-state index is 12.6. The number of hydrogen-bond donors (Lipinski definition) is 1. The van der Waals surface area contributed by atoms with Crippen molar-refractivity contribution in [2.75, 3.05) is 37.5 Å². The highest BCUT2D eigenvalue weighted by Gasteiger charge is 2.44. The van der Waals surface area contributed by atoms with E-state index in [9.17, 15) is 4.21 Å². The largest absolute Gasteiger partial charge is 0.490 e. The first-order valence-corrected chi connectivity index (χ1v) is 15.8. The Morgan fingerprint density at radius 2 is 2.08 bits per heavy atom. The van der Waals surface area contributed by atoms with Crippen LogP contribution in [0.3, 0.4) is 0 Å². The van der Waals surface area contributed by atoms with Gasteiger partial charge in [0.2, 0.25) is 0 Å². The molecule has 6 heteroatoms.